The molecule has 1 N–H and O–H groups in total. The van der Waals surface area contributed by atoms with Crippen molar-refractivity contribution >= 4 is 11.8 Å². The molecule has 0 amide bonds. The molecule has 4 heteroatoms. The number of Topliss-reactive ketones (excluding diaryl/α,β-unsaturated/α-hetero) is 1. The molecule has 2 rings (SSSR count). The van der Waals surface area contributed by atoms with Gasteiger partial charge in [0.15, 0.2) is 5.78 Å². The fourth-order valence-electron chi connectivity index (χ4n) is 3.34. The normalized spacial score (nSPS) is 12.4. The van der Waals surface area contributed by atoms with Crippen LogP contribution in [0.3, 0.4) is 0 Å². The van der Waals surface area contributed by atoms with Crippen molar-refractivity contribution in [3.8, 4) is 0 Å². The van der Waals surface area contributed by atoms with Crippen LogP contribution >= 0.6 is 0 Å². The van der Waals surface area contributed by atoms with E-state index in [1.165, 1.54) is 0 Å². The maximum Gasteiger partial charge on any atom is 0.338 e. The minimum absolute atomic E-state index is 0.242. The summed E-state index contributed by atoms with van der Waals surface area (Å²) < 4.78 is 5.88. The van der Waals surface area contributed by atoms with E-state index < -0.39 is 11.7 Å². The van der Waals surface area contributed by atoms with Crippen LogP contribution in [0.1, 0.15) is 73.1 Å². The number of esters is 1. The van der Waals surface area contributed by atoms with Crippen LogP contribution in [-0.2, 0) is 4.74 Å². The zero-order valence-corrected chi connectivity index (χ0v) is 16.8. The van der Waals surface area contributed by atoms with E-state index >= 15 is 0 Å². The summed E-state index contributed by atoms with van der Waals surface area (Å²) in [5.41, 5.74) is 0.572. The summed E-state index contributed by atoms with van der Waals surface area (Å²) in [7, 11) is 0. The number of rotatable bonds is 11. The molecule has 0 bridgehead atoms. The average molecular weight is 383 g/mol. The Morgan fingerprint density at radius 3 is 1.96 bits per heavy atom. The number of hydrogen-bond acceptors (Lipinski definition) is 4. The lowest BCUT2D eigenvalue weighted by Crippen LogP contribution is -2.34. The van der Waals surface area contributed by atoms with E-state index in [-0.39, 0.29) is 11.8 Å². The second kappa shape index (κ2) is 10.8. The van der Waals surface area contributed by atoms with Gasteiger partial charge in [0.1, 0.15) is 11.7 Å². The highest BCUT2D eigenvalue weighted by Gasteiger charge is 2.30. The van der Waals surface area contributed by atoms with Gasteiger partial charge in [-0.3, -0.25) is 4.79 Å². The van der Waals surface area contributed by atoms with E-state index in [4.69, 9.17) is 4.74 Å². The van der Waals surface area contributed by atoms with Crippen molar-refractivity contribution in [2.75, 3.05) is 0 Å². The predicted octanol–water partition coefficient (Wildman–Crippen LogP) is 5.21. The summed E-state index contributed by atoms with van der Waals surface area (Å²) >= 11 is 0. The van der Waals surface area contributed by atoms with Gasteiger partial charge < -0.3 is 9.84 Å². The van der Waals surface area contributed by atoms with Crippen LogP contribution in [0.5, 0.6) is 0 Å². The fraction of sp³-hybridized carbons (Fsp3) is 0.417. The number of aliphatic hydroxyl groups excluding tert-OH is 1. The van der Waals surface area contributed by atoms with E-state index in [0.29, 0.717) is 30.4 Å². The molecule has 1 unspecified atom stereocenters. The molecule has 28 heavy (non-hydrogen) atoms. The number of carbonyl (C=O) groups is 2. The van der Waals surface area contributed by atoms with Crippen LogP contribution in [0, 0.1) is 0 Å². The van der Waals surface area contributed by atoms with Gasteiger partial charge in [0.2, 0.25) is 0 Å². The average Bonchev–Trinajstić information content (AvgIpc) is 2.76. The Labute approximate surface area is 167 Å². The summed E-state index contributed by atoms with van der Waals surface area (Å²) in [6.45, 7) is 4.05. The molecular weight excluding hydrogens is 352 g/mol. The van der Waals surface area contributed by atoms with Gasteiger partial charge in [-0.1, -0.05) is 68.8 Å². The Kier molecular flexibility index (Phi) is 8.40. The van der Waals surface area contributed by atoms with Crippen molar-refractivity contribution in [3.05, 3.63) is 71.8 Å². The minimum Gasteiger partial charge on any atom is -0.456 e. The van der Waals surface area contributed by atoms with E-state index in [2.05, 4.69) is 0 Å². The number of ketones is 1. The molecule has 1 atom stereocenters. The van der Waals surface area contributed by atoms with Crippen LogP contribution in [0.2, 0.25) is 0 Å². The molecule has 2 aromatic rings. The smallest absolute Gasteiger partial charge is 0.338 e. The molecule has 2 aromatic carbocycles. The Morgan fingerprint density at radius 1 is 0.893 bits per heavy atom. The third-order valence-corrected chi connectivity index (χ3v) is 5.33. The quantitative estimate of drug-likeness (QED) is 0.329. The van der Waals surface area contributed by atoms with Gasteiger partial charge in [0.05, 0.1) is 5.56 Å². The molecule has 0 aromatic heterocycles. The molecule has 0 radical (unpaired) electrons. The predicted molar refractivity (Wildman–Crippen MR) is 110 cm³/mol. The van der Waals surface area contributed by atoms with Crippen molar-refractivity contribution < 1.29 is 19.4 Å². The Hall–Kier alpha value is -2.46. The molecule has 0 saturated carbocycles. The number of benzene rings is 2. The third kappa shape index (κ3) is 6.03. The monoisotopic (exact) mass is 382 g/mol. The summed E-state index contributed by atoms with van der Waals surface area (Å²) in [5, 5.41) is 10.2. The summed E-state index contributed by atoms with van der Waals surface area (Å²) in [5.74, 6) is -0.544. The first-order chi connectivity index (χ1) is 13.5. The van der Waals surface area contributed by atoms with Crippen LogP contribution < -0.4 is 0 Å². The topological polar surface area (TPSA) is 63.6 Å². The lowest BCUT2D eigenvalue weighted by atomic mass is 9.89. The van der Waals surface area contributed by atoms with Crippen molar-refractivity contribution in [1.82, 2.24) is 0 Å². The summed E-state index contributed by atoms with van der Waals surface area (Å²) in [6.07, 6.45) is 3.07. The van der Waals surface area contributed by atoms with Crippen molar-refractivity contribution in [2.24, 2.45) is 0 Å². The van der Waals surface area contributed by atoms with Crippen LogP contribution in [0.4, 0.5) is 0 Å². The standard InChI is InChI=1S/C24H30O4/c1-3-24(4-2,28-23(27)20-15-9-6-10-16-20)18-12-11-17-21(25)22(26)19-13-7-5-8-14-19/h5-10,13-16,21,25H,3-4,11-12,17-18H2,1-2H3. The highest BCUT2D eigenvalue weighted by atomic mass is 16.6. The molecule has 0 aliphatic heterocycles. The Bertz CT molecular complexity index is 736. The first-order valence-corrected chi connectivity index (χ1v) is 10.1. The zero-order valence-electron chi connectivity index (χ0n) is 16.8. The maximum atomic E-state index is 12.5. The highest BCUT2D eigenvalue weighted by Crippen LogP contribution is 2.29. The fourth-order valence-corrected chi connectivity index (χ4v) is 3.34. The molecule has 0 heterocycles. The zero-order chi connectivity index (χ0) is 20.4. The number of carbonyl (C=O) groups excluding carboxylic acids is 2. The molecule has 150 valence electrons. The molecule has 0 saturated heterocycles. The second-order valence-electron chi connectivity index (χ2n) is 7.14. The van der Waals surface area contributed by atoms with E-state index in [9.17, 15) is 14.7 Å². The maximum absolute atomic E-state index is 12.5. The third-order valence-electron chi connectivity index (χ3n) is 5.33. The van der Waals surface area contributed by atoms with Gasteiger partial charge in [-0.2, -0.15) is 0 Å². The van der Waals surface area contributed by atoms with Crippen LogP contribution in [-0.4, -0.2) is 28.6 Å². The first kappa shape index (κ1) is 21.8. The van der Waals surface area contributed by atoms with E-state index in [1.807, 2.05) is 38.1 Å². The summed E-state index contributed by atoms with van der Waals surface area (Å²) in [6, 6.07) is 17.9. The molecular formula is C24H30O4. The number of hydrogen-bond donors (Lipinski definition) is 1. The van der Waals surface area contributed by atoms with Crippen molar-refractivity contribution in [3.63, 3.8) is 0 Å². The van der Waals surface area contributed by atoms with Gasteiger partial charge >= 0.3 is 5.97 Å². The van der Waals surface area contributed by atoms with Gasteiger partial charge in [-0.25, -0.2) is 4.79 Å². The van der Waals surface area contributed by atoms with Gasteiger partial charge in [0.25, 0.3) is 0 Å². The van der Waals surface area contributed by atoms with Crippen molar-refractivity contribution in [1.29, 1.82) is 0 Å². The largest absolute Gasteiger partial charge is 0.456 e. The van der Waals surface area contributed by atoms with Gasteiger partial charge in [-0.15, -0.1) is 0 Å². The second-order valence-corrected chi connectivity index (χ2v) is 7.14. The minimum atomic E-state index is -0.994. The van der Waals surface area contributed by atoms with E-state index in [0.717, 1.165) is 19.3 Å². The van der Waals surface area contributed by atoms with Gasteiger partial charge in [-0.05, 0) is 44.2 Å². The molecule has 0 fully saturated rings. The van der Waals surface area contributed by atoms with Crippen LogP contribution in [0.25, 0.3) is 0 Å². The number of aliphatic hydroxyl groups is 1. The van der Waals surface area contributed by atoms with Crippen LogP contribution in [0.15, 0.2) is 60.7 Å². The molecule has 4 nitrogen and oxygen atoms in total. The lowest BCUT2D eigenvalue weighted by molar-refractivity contribution is -0.0288. The lowest BCUT2D eigenvalue weighted by Gasteiger charge is -2.32. The highest BCUT2D eigenvalue weighted by molar-refractivity contribution is 5.99. The van der Waals surface area contributed by atoms with Gasteiger partial charge in [0, 0.05) is 5.56 Å². The SMILES string of the molecule is CCC(CC)(CCCCC(O)C(=O)c1ccccc1)OC(=O)c1ccccc1. The Morgan fingerprint density at radius 2 is 1.43 bits per heavy atom. The summed E-state index contributed by atoms with van der Waals surface area (Å²) in [4.78, 5) is 24.7. The Balaban J connectivity index is 1.85. The molecule has 0 aliphatic carbocycles. The first-order valence-electron chi connectivity index (χ1n) is 10.1. The number of unbranched alkanes of at least 4 members (excludes halogenated alkanes) is 1. The number of ether oxygens (including phenoxy) is 1. The molecule has 0 spiro atoms. The van der Waals surface area contributed by atoms with Crippen molar-refractivity contribution in [2.45, 2.75) is 64.1 Å². The van der Waals surface area contributed by atoms with E-state index in [1.54, 1.807) is 36.4 Å². The molecule has 0 aliphatic rings.